The Labute approximate surface area is 233 Å². The molecular weight excluding hydrogens is 504 g/mol. The van der Waals surface area contributed by atoms with E-state index >= 15 is 0 Å². The molecule has 2 aromatic carbocycles. The van der Waals surface area contributed by atoms with Gasteiger partial charge in [0.25, 0.3) is 5.91 Å². The molecule has 2 aromatic heterocycles. The molecule has 0 saturated carbocycles. The van der Waals surface area contributed by atoms with E-state index in [1.54, 1.807) is 18.1 Å². The Hall–Kier alpha value is -4.72. The summed E-state index contributed by atoms with van der Waals surface area (Å²) in [5.41, 5.74) is 6.40. The second kappa shape index (κ2) is 11.6. The molecule has 0 bridgehead atoms. The van der Waals surface area contributed by atoms with Crippen molar-refractivity contribution in [2.45, 2.75) is 33.1 Å². The number of pyridine rings is 2. The van der Waals surface area contributed by atoms with Crippen molar-refractivity contribution in [3.05, 3.63) is 95.3 Å². The summed E-state index contributed by atoms with van der Waals surface area (Å²) >= 11 is 0. The van der Waals surface area contributed by atoms with E-state index in [0.717, 1.165) is 45.1 Å². The predicted molar refractivity (Wildman–Crippen MR) is 156 cm³/mol. The Balaban J connectivity index is 1.26. The first-order chi connectivity index (χ1) is 19.4. The van der Waals surface area contributed by atoms with Crippen LogP contribution in [0.3, 0.4) is 0 Å². The zero-order chi connectivity index (χ0) is 28.2. The van der Waals surface area contributed by atoms with Crippen LogP contribution in [0.2, 0.25) is 0 Å². The molecule has 0 aliphatic carbocycles. The number of hydrogen-bond acceptors (Lipinski definition) is 6. The zero-order valence-electron chi connectivity index (χ0n) is 22.9. The molecule has 3 heterocycles. The van der Waals surface area contributed by atoms with Crippen LogP contribution < -0.4 is 14.5 Å². The van der Waals surface area contributed by atoms with Gasteiger partial charge in [-0.05, 0) is 78.4 Å². The Bertz CT molecular complexity index is 1550. The van der Waals surface area contributed by atoms with Crippen LogP contribution in [0.25, 0.3) is 11.1 Å². The molecule has 0 spiro atoms. The maximum atomic E-state index is 13.4. The summed E-state index contributed by atoms with van der Waals surface area (Å²) in [6.45, 7) is 5.12. The largest absolute Gasteiger partial charge is 0.493 e. The number of rotatable bonds is 9. The summed E-state index contributed by atoms with van der Waals surface area (Å²) in [7, 11) is 1.77. The molecule has 0 saturated heterocycles. The number of carboxylic acids is 1. The van der Waals surface area contributed by atoms with Crippen molar-refractivity contribution in [1.29, 1.82) is 0 Å². The molecule has 40 heavy (non-hydrogen) atoms. The monoisotopic (exact) mass is 536 g/mol. The van der Waals surface area contributed by atoms with E-state index in [4.69, 9.17) is 9.84 Å². The number of carboxylic acid groups (broad SMARTS) is 1. The molecule has 1 N–H and O–H groups in total. The lowest BCUT2D eigenvalue weighted by atomic mass is 10.0. The van der Waals surface area contributed by atoms with Gasteiger partial charge in [0.05, 0.1) is 17.9 Å². The molecule has 0 atom stereocenters. The van der Waals surface area contributed by atoms with Gasteiger partial charge >= 0.3 is 5.97 Å². The number of aromatic nitrogens is 2. The molecule has 0 fully saturated rings. The number of carbonyl (C=O) groups excluding carboxylic acids is 1. The van der Waals surface area contributed by atoms with Crippen molar-refractivity contribution in [1.82, 2.24) is 9.97 Å². The minimum absolute atomic E-state index is 0.114. The molecule has 4 aromatic rings. The van der Waals surface area contributed by atoms with Crippen LogP contribution >= 0.6 is 0 Å². The van der Waals surface area contributed by atoms with Crippen molar-refractivity contribution in [3.63, 3.8) is 0 Å². The van der Waals surface area contributed by atoms with E-state index in [1.165, 1.54) is 0 Å². The van der Waals surface area contributed by atoms with Crippen LogP contribution in [-0.4, -0.2) is 47.2 Å². The molecule has 8 nitrogen and oxygen atoms in total. The summed E-state index contributed by atoms with van der Waals surface area (Å²) < 4.78 is 6.12. The van der Waals surface area contributed by atoms with Gasteiger partial charge in [0.1, 0.15) is 11.6 Å². The van der Waals surface area contributed by atoms with Crippen LogP contribution in [-0.2, 0) is 17.6 Å². The molecule has 1 aliphatic heterocycles. The number of benzene rings is 2. The summed E-state index contributed by atoms with van der Waals surface area (Å²) in [6.07, 6.45) is 4.79. The van der Waals surface area contributed by atoms with Crippen LogP contribution in [0.5, 0.6) is 5.75 Å². The average Bonchev–Trinajstić information content (AvgIpc) is 3.05. The Kier molecular flexibility index (Phi) is 7.77. The fourth-order valence-corrected chi connectivity index (χ4v) is 4.94. The lowest BCUT2D eigenvalue weighted by Gasteiger charge is -2.22. The standard InChI is InChI=1S/C32H32N4O4/c1-4-36-30-26(32(39)35(3)27-6-5-16-33-31(27)36)19-23(20-34-30)15-17-40-28-13-12-25(18-21(28)2)24-10-7-22(8-11-24)9-14-29(37)38/h5-8,10-13,16,18-20H,4,9,14-15,17H2,1-3H3,(H,37,38). The normalized spacial score (nSPS) is 12.5. The molecule has 5 rings (SSSR count). The fourth-order valence-electron chi connectivity index (χ4n) is 4.94. The van der Waals surface area contributed by atoms with Crippen molar-refractivity contribution in [3.8, 4) is 16.9 Å². The number of hydrogen-bond donors (Lipinski definition) is 1. The van der Waals surface area contributed by atoms with Crippen molar-refractivity contribution < 1.29 is 19.4 Å². The van der Waals surface area contributed by atoms with Crippen molar-refractivity contribution in [2.75, 3.05) is 30.0 Å². The Morgan fingerprint density at radius 1 is 0.950 bits per heavy atom. The molecule has 8 heteroatoms. The Morgan fingerprint density at radius 3 is 2.45 bits per heavy atom. The highest BCUT2D eigenvalue weighted by Crippen LogP contribution is 2.37. The number of aryl methyl sites for hydroxylation is 2. The third-order valence-corrected chi connectivity index (χ3v) is 7.15. The van der Waals surface area contributed by atoms with E-state index in [1.807, 2.05) is 79.5 Å². The first-order valence-electron chi connectivity index (χ1n) is 13.4. The second-order valence-corrected chi connectivity index (χ2v) is 9.84. The van der Waals surface area contributed by atoms with E-state index in [9.17, 15) is 9.59 Å². The van der Waals surface area contributed by atoms with Crippen molar-refractivity contribution >= 4 is 29.2 Å². The summed E-state index contributed by atoms with van der Waals surface area (Å²) in [6, 6.07) is 19.7. The number of carbonyl (C=O) groups is 2. The highest BCUT2D eigenvalue weighted by molar-refractivity contribution is 6.12. The van der Waals surface area contributed by atoms with Gasteiger partial charge in [-0.1, -0.05) is 30.3 Å². The highest BCUT2D eigenvalue weighted by Gasteiger charge is 2.30. The maximum absolute atomic E-state index is 13.4. The predicted octanol–water partition coefficient (Wildman–Crippen LogP) is 5.84. The van der Waals surface area contributed by atoms with Gasteiger partial charge in [-0.15, -0.1) is 0 Å². The number of fused-ring (bicyclic) bond motifs is 2. The van der Waals surface area contributed by atoms with E-state index < -0.39 is 5.97 Å². The Morgan fingerprint density at radius 2 is 1.73 bits per heavy atom. The highest BCUT2D eigenvalue weighted by atomic mass is 16.5. The van der Waals surface area contributed by atoms with E-state index in [0.29, 0.717) is 37.4 Å². The average molecular weight is 537 g/mol. The van der Waals surface area contributed by atoms with Gasteiger partial charge < -0.3 is 19.6 Å². The smallest absolute Gasteiger partial charge is 0.303 e. The fraction of sp³-hybridized carbons (Fsp3) is 0.250. The van der Waals surface area contributed by atoms with Crippen LogP contribution in [0.15, 0.2) is 73.1 Å². The zero-order valence-corrected chi connectivity index (χ0v) is 22.9. The number of aliphatic carboxylic acids is 1. The summed E-state index contributed by atoms with van der Waals surface area (Å²) in [5, 5.41) is 8.88. The maximum Gasteiger partial charge on any atom is 0.303 e. The molecule has 1 aliphatic rings. The number of amides is 1. The quantitative estimate of drug-likeness (QED) is 0.287. The van der Waals surface area contributed by atoms with Crippen LogP contribution in [0.4, 0.5) is 17.3 Å². The molecule has 204 valence electrons. The first-order valence-corrected chi connectivity index (χ1v) is 13.4. The van der Waals surface area contributed by atoms with Gasteiger partial charge in [-0.3, -0.25) is 9.59 Å². The van der Waals surface area contributed by atoms with Crippen LogP contribution in [0.1, 0.15) is 40.4 Å². The van der Waals surface area contributed by atoms with Gasteiger partial charge in [0.2, 0.25) is 0 Å². The second-order valence-electron chi connectivity index (χ2n) is 9.84. The van der Waals surface area contributed by atoms with Gasteiger partial charge in [0, 0.05) is 38.8 Å². The lowest BCUT2D eigenvalue weighted by molar-refractivity contribution is -0.136. The molecular formula is C32H32N4O4. The number of nitrogens with zero attached hydrogens (tertiary/aromatic N) is 4. The SMILES string of the molecule is CCN1c2ncc(CCOc3ccc(-c4ccc(CCC(=O)O)cc4)cc3C)cc2C(=O)N(C)c2cccnc21. The minimum atomic E-state index is -0.790. The van der Waals surface area contributed by atoms with Gasteiger partial charge in [-0.2, -0.15) is 0 Å². The molecule has 0 unspecified atom stereocenters. The summed E-state index contributed by atoms with van der Waals surface area (Å²) in [4.78, 5) is 37.0. The molecule has 0 radical (unpaired) electrons. The number of ether oxygens (including phenoxy) is 1. The first kappa shape index (κ1) is 26.9. The third-order valence-electron chi connectivity index (χ3n) is 7.15. The van der Waals surface area contributed by atoms with Crippen LogP contribution in [0, 0.1) is 6.92 Å². The van der Waals surface area contributed by atoms with Gasteiger partial charge in [-0.25, -0.2) is 9.97 Å². The van der Waals surface area contributed by atoms with E-state index in [2.05, 4.69) is 16.0 Å². The number of anilines is 3. The van der Waals surface area contributed by atoms with Gasteiger partial charge in [0.15, 0.2) is 5.82 Å². The topological polar surface area (TPSA) is 95.9 Å². The third kappa shape index (κ3) is 5.52. The van der Waals surface area contributed by atoms with Crippen molar-refractivity contribution in [2.24, 2.45) is 0 Å². The van der Waals surface area contributed by atoms with E-state index in [-0.39, 0.29) is 12.3 Å². The lowest BCUT2D eigenvalue weighted by Crippen LogP contribution is -2.25. The molecule has 1 amide bonds. The minimum Gasteiger partial charge on any atom is -0.493 e. The summed E-state index contributed by atoms with van der Waals surface area (Å²) in [5.74, 6) is 1.23.